The summed E-state index contributed by atoms with van der Waals surface area (Å²) in [4.78, 5) is 10.4. The maximum atomic E-state index is 12.9. The molecule has 2 saturated carbocycles. The highest BCUT2D eigenvalue weighted by atomic mass is 32.2. The Hall–Kier alpha value is -2.84. The molecule has 2 aliphatic rings. The molecule has 218 valence electrons. The minimum atomic E-state index is -1.14. The molecule has 1 heterocycles. The SMILES string of the molecule is C=CS/C(=C(/Oc1ccc(NS(=O)CC2(C)CC2)c2ccccc12)C(C)CC)c1ccnc(NC2CCCCC2)n1. The molecule has 2 atom stereocenters. The summed E-state index contributed by atoms with van der Waals surface area (Å²) >= 11 is 1.53. The lowest BCUT2D eigenvalue weighted by Crippen LogP contribution is -2.23. The van der Waals surface area contributed by atoms with E-state index in [4.69, 9.17) is 9.72 Å². The van der Waals surface area contributed by atoms with Crippen molar-refractivity contribution >= 4 is 50.1 Å². The average molecular weight is 591 g/mol. The van der Waals surface area contributed by atoms with E-state index >= 15 is 0 Å². The molecule has 0 saturated heterocycles. The molecule has 2 N–H and O–H groups in total. The largest absolute Gasteiger partial charge is 0.460 e. The molecule has 1 aromatic heterocycles. The molecular weight excluding hydrogens is 549 g/mol. The van der Waals surface area contributed by atoms with Gasteiger partial charge in [-0.3, -0.25) is 0 Å². The van der Waals surface area contributed by atoms with Crippen LogP contribution in [-0.2, 0) is 11.0 Å². The lowest BCUT2D eigenvalue weighted by atomic mass is 9.96. The maximum absolute atomic E-state index is 12.9. The number of thioether (sulfide) groups is 1. The van der Waals surface area contributed by atoms with Crippen LogP contribution in [0.15, 0.2) is 66.4 Å². The zero-order chi connectivity index (χ0) is 28.8. The van der Waals surface area contributed by atoms with Gasteiger partial charge in [-0.05, 0) is 61.1 Å². The Morgan fingerprint density at radius 2 is 1.93 bits per heavy atom. The molecule has 0 spiro atoms. The molecule has 2 fully saturated rings. The van der Waals surface area contributed by atoms with Crippen LogP contribution in [0.4, 0.5) is 11.6 Å². The standard InChI is InChI=1S/C33H42N4O2S2/c1-5-23(3)30(31(40-6-2)28-18-21-34-32(36-28)35-24-12-8-7-9-13-24)39-29-17-16-27(25-14-10-11-15-26(25)29)37-41(38)22-33(4)19-20-33/h6,10-11,14-18,21,23-24,37H,2,5,7-9,12-13,19-20,22H2,1,3-4H3,(H,34,35,36)/b31-30+. The Bertz CT molecular complexity index is 1430. The number of nitrogens with one attached hydrogen (secondary N) is 2. The van der Waals surface area contributed by atoms with Gasteiger partial charge in [0.15, 0.2) is 0 Å². The van der Waals surface area contributed by atoms with Gasteiger partial charge in [0.05, 0.1) is 16.3 Å². The zero-order valence-corrected chi connectivity index (χ0v) is 26.1. The summed E-state index contributed by atoms with van der Waals surface area (Å²) in [6, 6.07) is 14.5. The topological polar surface area (TPSA) is 76.1 Å². The van der Waals surface area contributed by atoms with Gasteiger partial charge in [-0.15, -0.1) is 0 Å². The Kier molecular flexibility index (Phi) is 9.71. The van der Waals surface area contributed by atoms with Crippen molar-refractivity contribution in [1.29, 1.82) is 0 Å². The Balaban J connectivity index is 1.48. The Morgan fingerprint density at radius 1 is 1.17 bits per heavy atom. The van der Waals surface area contributed by atoms with E-state index in [1.54, 1.807) is 0 Å². The molecule has 8 heteroatoms. The zero-order valence-electron chi connectivity index (χ0n) is 24.4. The minimum absolute atomic E-state index is 0.144. The van der Waals surface area contributed by atoms with Crippen molar-refractivity contribution in [3.05, 3.63) is 72.1 Å². The van der Waals surface area contributed by atoms with Gasteiger partial charge in [0.2, 0.25) is 5.95 Å². The second kappa shape index (κ2) is 13.4. The number of nitrogens with zero attached hydrogens (tertiary/aromatic N) is 2. The smallest absolute Gasteiger partial charge is 0.223 e. The third-order valence-electron chi connectivity index (χ3n) is 8.22. The molecule has 0 radical (unpaired) electrons. The molecule has 2 aromatic carbocycles. The fourth-order valence-electron chi connectivity index (χ4n) is 5.27. The van der Waals surface area contributed by atoms with Gasteiger partial charge < -0.3 is 14.8 Å². The number of fused-ring (bicyclic) bond motifs is 1. The summed E-state index contributed by atoms with van der Waals surface area (Å²) < 4.78 is 23.0. The van der Waals surface area contributed by atoms with Gasteiger partial charge in [0, 0.05) is 34.7 Å². The van der Waals surface area contributed by atoms with Crippen molar-refractivity contribution < 1.29 is 8.95 Å². The molecular formula is C33H42N4O2S2. The van der Waals surface area contributed by atoms with E-state index in [0.29, 0.717) is 17.7 Å². The normalized spacial score (nSPS) is 18.7. The lowest BCUT2D eigenvalue weighted by Gasteiger charge is -2.23. The molecule has 6 nitrogen and oxygen atoms in total. The Labute approximate surface area is 251 Å². The van der Waals surface area contributed by atoms with E-state index in [2.05, 4.69) is 54.5 Å². The van der Waals surface area contributed by atoms with E-state index in [9.17, 15) is 4.21 Å². The number of hydrogen-bond acceptors (Lipinski definition) is 6. The van der Waals surface area contributed by atoms with Crippen molar-refractivity contribution in [2.24, 2.45) is 11.3 Å². The number of ether oxygens (including phenoxy) is 1. The average Bonchev–Trinajstić information content (AvgIpc) is 3.72. The molecule has 5 rings (SSSR count). The predicted octanol–water partition coefficient (Wildman–Crippen LogP) is 8.92. The van der Waals surface area contributed by atoms with Crippen LogP contribution < -0.4 is 14.8 Å². The van der Waals surface area contributed by atoms with Crippen molar-refractivity contribution in [3.8, 4) is 5.75 Å². The number of hydrogen-bond donors (Lipinski definition) is 2. The summed E-state index contributed by atoms with van der Waals surface area (Å²) in [5, 5.41) is 7.35. The van der Waals surface area contributed by atoms with Crippen LogP contribution in [0.2, 0.25) is 0 Å². The van der Waals surface area contributed by atoms with Gasteiger partial charge in [0.1, 0.15) is 22.5 Å². The van der Waals surface area contributed by atoms with E-state index < -0.39 is 11.0 Å². The van der Waals surface area contributed by atoms with Crippen molar-refractivity contribution in [3.63, 3.8) is 0 Å². The van der Waals surface area contributed by atoms with Crippen LogP contribution in [0.25, 0.3) is 15.7 Å². The van der Waals surface area contributed by atoms with Crippen LogP contribution in [-0.4, -0.2) is 26.0 Å². The molecule has 2 unspecified atom stereocenters. The van der Waals surface area contributed by atoms with Crippen molar-refractivity contribution in [2.45, 2.75) is 78.2 Å². The summed E-state index contributed by atoms with van der Waals surface area (Å²) in [6.07, 6.45) is 11.1. The first kappa shape index (κ1) is 29.6. The highest BCUT2D eigenvalue weighted by Crippen LogP contribution is 2.46. The Morgan fingerprint density at radius 3 is 2.63 bits per heavy atom. The van der Waals surface area contributed by atoms with Crippen LogP contribution >= 0.6 is 11.8 Å². The van der Waals surface area contributed by atoms with Gasteiger partial charge in [-0.2, -0.15) is 0 Å². The van der Waals surface area contributed by atoms with E-state index in [-0.39, 0.29) is 11.3 Å². The molecule has 0 amide bonds. The minimum Gasteiger partial charge on any atom is -0.460 e. The first-order valence-corrected chi connectivity index (χ1v) is 17.1. The summed E-state index contributed by atoms with van der Waals surface area (Å²) in [7, 11) is -1.14. The summed E-state index contributed by atoms with van der Waals surface area (Å²) in [5.41, 5.74) is 1.89. The third-order valence-corrected chi connectivity index (χ3v) is 10.4. The number of rotatable bonds is 13. The summed E-state index contributed by atoms with van der Waals surface area (Å²) in [6.45, 7) is 10.6. The maximum Gasteiger partial charge on any atom is 0.223 e. The molecule has 41 heavy (non-hydrogen) atoms. The van der Waals surface area contributed by atoms with Crippen LogP contribution in [0, 0.1) is 11.3 Å². The second-order valence-electron chi connectivity index (χ2n) is 11.7. The highest BCUT2D eigenvalue weighted by Gasteiger charge is 2.39. The van der Waals surface area contributed by atoms with Crippen molar-refractivity contribution in [2.75, 3.05) is 15.8 Å². The monoisotopic (exact) mass is 590 g/mol. The van der Waals surface area contributed by atoms with Gasteiger partial charge in [-0.1, -0.05) is 82.6 Å². The number of aromatic nitrogens is 2. The quantitative estimate of drug-likeness (QED) is 0.194. The second-order valence-corrected chi connectivity index (χ2v) is 13.9. The van der Waals surface area contributed by atoms with Gasteiger partial charge >= 0.3 is 0 Å². The van der Waals surface area contributed by atoms with E-state index in [1.165, 1.54) is 31.0 Å². The summed E-state index contributed by atoms with van der Waals surface area (Å²) in [5.74, 6) is 3.09. The predicted molar refractivity (Wildman–Crippen MR) is 175 cm³/mol. The fraction of sp³-hybridized carbons (Fsp3) is 0.455. The van der Waals surface area contributed by atoms with Crippen LogP contribution in [0.1, 0.15) is 77.8 Å². The number of allylic oxidation sites excluding steroid dienone is 1. The first-order chi connectivity index (χ1) is 19.9. The fourth-order valence-corrected chi connectivity index (χ4v) is 7.45. The number of anilines is 2. The van der Waals surface area contributed by atoms with E-state index in [0.717, 1.165) is 70.7 Å². The molecule has 2 aliphatic carbocycles. The van der Waals surface area contributed by atoms with Crippen LogP contribution in [0.5, 0.6) is 5.75 Å². The third kappa shape index (κ3) is 7.52. The highest BCUT2D eigenvalue weighted by molar-refractivity contribution is 8.10. The van der Waals surface area contributed by atoms with Crippen molar-refractivity contribution in [1.82, 2.24) is 9.97 Å². The first-order valence-electron chi connectivity index (χ1n) is 14.9. The molecule has 0 bridgehead atoms. The van der Waals surface area contributed by atoms with Crippen LogP contribution in [0.3, 0.4) is 0 Å². The van der Waals surface area contributed by atoms with E-state index in [1.807, 2.05) is 41.9 Å². The molecule has 3 aromatic rings. The molecule has 0 aliphatic heterocycles. The lowest BCUT2D eigenvalue weighted by molar-refractivity contribution is 0.360. The van der Waals surface area contributed by atoms with Gasteiger partial charge in [-0.25, -0.2) is 14.2 Å². The van der Waals surface area contributed by atoms with Gasteiger partial charge in [0.25, 0.3) is 0 Å². The number of benzene rings is 2.